The minimum Gasteiger partial charge on any atom is -0.372 e. The molecular formula is C18H19F6N3O3. The maximum absolute atomic E-state index is 13.0. The topological polar surface area (TPSA) is 79.5 Å². The SMILES string of the molecule is CC(OCC1(C)CC2(CN1)NC(=O)NC2=O)c1cc(C(F)(F)F)cc(C(F)(F)F)c1. The summed E-state index contributed by atoms with van der Waals surface area (Å²) < 4.78 is 83.8. The van der Waals surface area contributed by atoms with E-state index in [9.17, 15) is 35.9 Å². The molecule has 1 aromatic rings. The van der Waals surface area contributed by atoms with Gasteiger partial charge in [-0.15, -0.1) is 0 Å². The maximum atomic E-state index is 13.0. The number of carbonyl (C=O) groups is 2. The Morgan fingerprint density at radius 3 is 2.10 bits per heavy atom. The molecule has 166 valence electrons. The van der Waals surface area contributed by atoms with Gasteiger partial charge in [0.1, 0.15) is 5.54 Å². The summed E-state index contributed by atoms with van der Waals surface area (Å²) in [5, 5.41) is 7.70. The first-order chi connectivity index (χ1) is 13.6. The minimum atomic E-state index is -4.95. The van der Waals surface area contributed by atoms with Crippen LogP contribution in [0.3, 0.4) is 0 Å². The summed E-state index contributed by atoms with van der Waals surface area (Å²) in [6.07, 6.45) is -10.8. The predicted molar refractivity (Wildman–Crippen MR) is 91.2 cm³/mol. The largest absolute Gasteiger partial charge is 0.416 e. The molecule has 0 aromatic heterocycles. The molecule has 2 fully saturated rings. The minimum absolute atomic E-state index is 0.0567. The molecule has 2 saturated heterocycles. The fourth-order valence-corrected chi connectivity index (χ4v) is 3.65. The van der Waals surface area contributed by atoms with E-state index in [1.807, 2.05) is 0 Å². The Labute approximate surface area is 167 Å². The number of halogens is 6. The van der Waals surface area contributed by atoms with Crippen molar-refractivity contribution in [2.75, 3.05) is 13.2 Å². The van der Waals surface area contributed by atoms with Crippen LogP contribution in [0, 0.1) is 0 Å². The van der Waals surface area contributed by atoms with Gasteiger partial charge in [-0.2, -0.15) is 26.3 Å². The van der Waals surface area contributed by atoms with Gasteiger partial charge in [0.25, 0.3) is 5.91 Å². The first-order valence-corrected chi connectivity index (χ1v) is 8.93. The van der Waals surface area contributed by atoms with Crippen molar-refractivity contribution in [3.05, 3.63) is 34.9 Å². The Morgan fingerprint density at radius 2 is 1.63 bits per heavy atom. The maximum Gasteiger partial charge on any atom is 0.416 e. The van der Waals surface area contributed by atoms with Gasteiger partial charge in [-0.25, -0.2) is 4.79 Å². The first-order valence-electron chi connectivity index (χ1n) is 8.93. The molecule has 2 aliphatic heterocycles. The van der Waals surface area contributed by atoms with Crippen LogP contribution >= 0.6 is 0 Å². The van der Waals surface area contributed by atoms with Crippen LogP contribution < -0.4 is 16.0 Å². The molecule has 1 spiro atoms. The number of urea groups is 1. The van der Waals surface area contributed by atoms with Crippen molar-refractivity contribution in [2.45, 2.75) is 49.8 Å². The molecule has 0 saturated carbocycles. The lowest BCUT2D eigenvalue weighted by Gasteiger charge is -2.28. The number of imide groups is 1. The van der Waals surface area contributed by atoms with Crippen LogP contribution in [-0.4, -0.2) is 36.2 Å². The molecule has 3 rings (SSSR count). The molecule has 0 bridgehead atoms. The van der Waals surface area contributed by atoms with Crippen molar-refractivity contribution < 1.29 is 40.7 Å². The van der Waals surface area contributed by atoms with E-state index in [-0.39, 0.29) is 31.2 Å². The highest BCUT2D eigenvalue weighted by Crippen LogP contribution is 2.38. The molecular weight excluding hydrogens is 420 g/mol. The third-order valence-electron chi connectivity index (χ3n) is 5.25. The van der Waals surface area contributed by atoms with Gasteiger partial charge in [0.05, 0.1) is 23.8 Å². The second-order valence-corrected chi connectivity index (χ2v) is 7.87. The highest BCUT2D eigenvalue weighted by Gasteiger charge is 2.55. The average Bonchev–Trinajstić information content (AvgIpc) is 3.09. The molecule has 0 aliphatic carbocycles. The Hall–Kier alpha value is -2.34. The lowest BCUT2D eigenvalue weighted by molar-refractivity contribution is -0.143. The predicted octanol–water partition coefficient (Wildman–Crippen LogP) is 3.13. The summed E-state index contributed by atoms with van der Waals surface area (Å²) in [6.45, 7) is 3.02. The van der Waals surface area contributed by atoms with Crippen molar-refractivity contribution in [2.24, 2.45) is 0 Å². The first kappa shape index (κ1) is 22.3. The second-order valence-electron chi connectivity index (χ2n) is 7.87. The number of hydrogen-bond donors (Lipinski definition) is 3. The molecule has 30 heavy (non-hydrogen) atoms. The molecule has 3 atom stereocenters. The third-order valence-corrected chi connectivity index (χ3v) is 5.25. The van der Waals surface area contributed by atoms with E-state index >= 15 is 0 Å². The number of alkyl halides is 6. The van der Waals surface area contributed by atoms with Crippen molar-refractivity contribution >= 4 is 11.9 Å². The molecule has 6 nitrogen and oxygen atoms in total. The van der Waals surface area contributed by atoms with E-state index in [0.29, 0.717) is 12.1 Å². The van der Waals surface area contributed by atoms with Crippen LogP contribution in [0.5, 0.6) is 0 Å². The smallest absolute Gasteiger partial charge is 0.372 e. The van der Waals surface area contributed by atoms with Crippen LogP contribution in [0.1, 0.15) is 43.1 Å². The quantitative estimate of drug-likeness (QED) is 0.498. The van der Waals surface area contributed by atoms with Crippen LogP contribution in [0.4, 0.5) is 31.1 Å². The van der Waals surface area contributed by atoms with Crippen LogP contribution in [0.15, 0.2) is 18.2 Å². The summed E-state index contributed by atoms with van der Waals surface area (Å²) in [6, 6.07) is 0.664. The van der Waals surface area contributed by atoms with E-state index in [2.05, 4.69) is 16.0 Å². The van der Waals surface area contributed by atoms with E-state index in [0.717, 1.165) is 0 Å². The normalized spacial score (nSPS) is 28.0. The summed E-state index contributed by atoms with van der Waals surface area (Å²) in [5.74, 6) is -0.510. The lowest BCUT2D eigenvalue weighted by atomic mass is 9.89. The number of nitrogens with one attached hydrogen (secondary N) is 3. The molecule has 1 aromatic carbocycles. The van der Waals surface area contributed by atoms with Crippen LogP contribution in [0.25, 0.3) is 0 Å². The van der Waals surface area contributed by atoms with Gasteiger partial charge in [0.2, 0.25) is 0 Å². The summed E-state index contributed by atoms with van der Waals surface area (Å²) in [5.41, 5.74) is -5.12. The van der Waals surface area contributed by atoms with Gasteiger partial charge in [0, 0.05) is 18.5 Å². The molecule has 2 aliphatic rings. The molecule has 2 heterocycles. The number of ether oxygens (including phenoxy) is 1. The Balaban J connectivity index is 1.76. The summed E-state index contributed by atoms with van der Waals surface area (Å²) in [7, 11) is 0. The summed E-state index contributed by atoms with van der Waals surface area (Å²) >= 11 is 0. The standard InChI is InChI=1S/C18H19F6N3O3/c1-9(10-3-11(17(19,20)21)5-12(4-10)18(22,23)24)30-8-15(2)6-16(7-25-15)13(28)26-14(29)27-16/h3-5,9,25H,6-8H2,1-2H3,(H2,26,27,28,29). The monoisotopic (exact) mass is 439 g/mol. The second kappa shape index (κ2) is 7.12. The molecule has 3 N–H and O–H groups in total. The van der Waals surface area contributed by atoms with E-state index in [1.54, 1.807) is 6.92 Å². The van der Waals surface area contributed by atoms with Gasteiger partial charge in [-0.05, 0) is 37.6 Å². The Kier molecular flexibility index (Phi) is 5.30. The van der Waals surface area contributed by atoms with Crippen molar-refractivity contribution in [3.63, 3.8) is 0 Å². The number of rotatable bonds is 4. The zero-order valence-corrected chi connectivity index (χ0v) is 15.9. The Morgan fingerprint density at radius 1 is 1.07 bits per heavy atom. The van der Waals surface area contributed by atoms with Gasteiger partial charge in [-0.1, -0.05) is 0 Å². The number of amides is 3. The number of carbonyl (C=O) groups excluding carboxylic acids is 2. The fourth-order valence-electron chi connectivity index (χ4n) is 3.65. The highest BCUT2D eigenvalue weighted by atomic mass is 19.4. The molecule has 3 unspecified atom stereocenters. The zero-order valence-electron chi connectivity index (χ0n) is 15.9. The van der Waals surface area contributed by atoms with Gasteiger partial charge >= 0.3 is 18.4 Å². The van der Waals surface area contributed by atoms with E-state index in [1.165, 1.54) is 6.92 Å². The van der Waals surface area contributed by atoms with Crippen LogP contribution in [-0.2, 0) is 21.9 Å². The highest BCUT2D eigenvalue weighted by molar-refractivity contribution is 6.07. The van der Waals surface area contributed by atoms with E-state index in [4.69, 9.17) is 4.74 Å². The average molecular weight is 439 g/mol. The zero-order chi connectivity index (χ0) is 22.5. The van der Waals surface area contributed by atoms with Gasteiger partial charge < -0.3 is 15.4 Å². The van der Waals surface area contributed by atoms with Crippen LogP contribution in [0.2, 0.25) is 0 Å². The van der Waals surface area contributed by atoms with Gasteiger partial charge in [-0.3, -0.25) is 10.1 Å². The lowest BCUT2D eigenvalue weighted by Crippen LogP contribution is -2.48. The number of benzene rings is 1. The molecule has 12 heteroatoms. The van der Waals surface area contributed by atoms with Crippen molar-refractivity contribution in [1.29, 1.82) is 0 Å². The third kappa shape index (κ3) is 4.38. The molecule has 3 amide bonds. The molecule has 0 radical (unpaired) electrons. The van der Waals surface area contributed by atoms with Gasteiger partial charge in [0.15, 0.2) is 0 Å². The fraction of sp³-hybridized carbons (Fsp3) is 0.556. The van der Waals surface area contributed by atoms with Crippen molar-refractivity contribution in [1.82, 2.24) is 16.0 Å². The number of hydrogen-bond acceptors (Lipinski definition) is 4. The summed E-state index contributed by atoms with van der Waals surface area (Å²) in [4.78, 5) is 23.4. The van der Waals surface area contributed by atoms with Crippen molar-refractivity contribution in [3.8, 4) is 0 Å². The Bertz CT molecular complexity index is 839. The van der Waals surface area contributed by atoms with E-state index < -0.39 is 52.6 Å².